The van der Waals surface area contributed by atoms with E-state index in [1.165, 1.54) is 36.3 Å². The molecule has 5 atom stereocenters. The number of nitrogen functional groups attached to an aromatic ring is 1. The van der Waals surface area contributed by atoms with Gasteiger partial charge in [-0.1, -0.05) is 79.2 Å². The topological polar surface area (TPSA) is 147 Å². The second kappa shape index (κ2) is 23.2. The Morgan fingerprint density at radius 2 is 1.69 bits per heavy atom. The molecule has 1 aliphatic carbocycles. The number of benzene rings is 3. The molecule has 1 fully saturated rings. The minimum absolute atomic E-state index is 0.00251. The Morgan fingerprint density at radius 3 is 2.46 bits per heavy atom. The molecule has 0 bridgehead atoms. The third-order valence-corrected chi connectivity index (χ3v) is 12.9. The maximum atomic E-state index is 13.2. The summed E-state index contributed by atoms with van der Waals surface area (Å²) in [5.41, 5.74) is 13.6. The minimum Gasteiger partial charge on any atom is -0.504 e. The number of methoxy groups -OCH3 is 1. The van der Waals surface area contributed by atoms with Gasteiger partial charge in [-0.2, -0.15) is 0 Å². The van der Waals surface area contributed by atoms with Crippen LogP contribution < -0.4 is 21.1 Å². The van der Waals surface area contributed by atoms with Gasteiger partial charge in [0.25, 0.3) is 0 Å². The molecule has 9 nitrogen and oxygen atoms in total. The van der Waals surface area contributed by atoms with Gasteiger partial charge in [-0.25, -0.2) is 4.98 Å². The summed E-state index contributed by atoms with van der Waals surface area (Å²) in [6.45, 7) is 2.25. The van der Waals surface area contributed by atoms with Gasteiger partial charge in [0.1, 0.15) is 11.6 Å². The van der Waals surface area contributed by atoms with Gasteiger partial charge in [0, 0.05) is 31.8 Å². The number of anilines is 1. The maximum Gasteiger partial charge on any atom is 0.163 e. The number of ketones is 2. The Hall–Kier alpha value is -5.09. The number of piperidine rings is 1. The first-order valence-corrected chi connectivity index (χ1v) is 22.4. The summed E-state index contributed by atoms with van der Waals surface area (Å²) >= 11 is 0. The van der Waals surface area contributed by atoms with Gasteiger partial charge < -0.3 is 31.3 Å². The van der Waals surface area contributed by atoms with Crippen molar-refractivity contribution < 1.29 is 24.5 Å². The minimum atomic E-state index is -0.261. The highest BCUT2D eigenvalue weighted by molar-refractivity contribution is 6.06. The largest absolute Gasteiger partial charge is 0.504 e. The molecule has 6 N–H and O–H groups in total. The highest BCUT2D eigenvalue weighted by Gasteiger charge is 2.38. The first kappa shape index (κ1) is 45.4. The summed E-state index contributed by atoms with van der Waals surface area (Å²) < 4.78 is 5.44. The standard InChI is InChI=1S/C52H66N4O5/c1-54-49-23-21-42-34-55-25-24-47(42)48(49)28-37(14-8-26-57)13-7-15-45(58)33-46(59)22-20-40-31-51(61-2)50(60)30-43(40)29-44-35-56-52(53)32-41(44)19-18-39-12-6-11-38(27-39)17-16-36-9-4-3-5-10-36/h3-6,9-12,20-23,27,30-32,35,37,42,47-49,54-55,57,60H,7-8,13-19,24-26,28-29,33-34H2,1-2H3,(H2,53,56)/t37-,42-,47+,48-,49+/m0/s1. The van der Waals surface area contributed by atoms with Gasteiger partial charge in [-0.05, 0) is 165 Å². The number of aliphatic hydroxyl groups excluding tert-OH is 1. The van der Waals surface area contributed by atoms with E-state index in [9.17, 15) is 19.8 Å². The van der Waals surface area contributed by atoms with Crippen LogP contribution in [0.25, 0.3) is 6.08 Å². The third-order valence-electron chi connectivity index (χ3n) is 12.9. The Morgan fingerprint density at radius 1 is 0.934 bits per heavy atom. The molecule has 0 spiro atoms. The van der Waals surface area contributed by atoms with Gasteiger partial charge in [-0.3, -0.25) is 9.59 Å². The van der Waals surface area contributed by atoms with Crippen LogP contribution >= 0.6 is 0 Å². The number of likely N-dealkylation sites (N-methyl/N-ethyl adjacent to an activating group) is 1. The van der Waals surface area contributed by atoms with Gasteiger partial charge in [0.05, 0.1) is 13.5 Å². The molecule has 61 heavy (non-hydrogen) atoms. The molecule has 6 rings (SSSR count). The van der Waals surface area contributed by atoms with Crippen molar-refractivity contribution in [3.63, 3.8) is 0 Å². The smallest absolute Gasteiger partial charge is 0.163 e. The second-order valence-corrected chi connectivity index (χ2v) is 17.1. The number of allylic oxidation sites excluding steroid dienone is 1. The highest BCUT2D eigenvalue weighted by Crippen LogP contribution is 2.40. The molecule has 4 aromatic rings. The summed E-state index contributed by atoms with van der Waals surface area (Å²) in [6, 6.07) is 25.0. The normalized spacial score (nSPS) is 19.1. The van der Waals surface area contributed by atoms with Crippen molar-refractivity contribution in [1.29, 1.82) is 0 Å². The average Bonchev–Trinajstić information content (AvgIpc) is 3.27. The zero-order chi connectivity index (χ0) is 43.0. The number of nitrogens with one attached hydrogen (secondary N) is 2. The van der Waals surface area contributed by atoms with Crippen LogP contribution in [0.5, 0.6) is 11.5 Å². The number of aryl methyl sites for hydroxylation is 4. The first-order valence-electron chi connectivity index (χ1n) is 22.4. The van der Waals surface area contributed by atoms with Crippen LogP contribution in [0.4, 0.5) is 5.82 Å². The number of Topliss-reactive ketones (excluding diaryl/α,β-unsaturated/α-hetero) is 1. The van der Waals surface area contributed by atoms with Crippen LogP contribution in [-0.2, 0) is 41.7 Å². The molecule has 1 aliphatic heterocycles. The lowest BCUT2D eigenvalue weighted by atomic mass is 9.66. The number of pyridine rings is 1. The lowest BCUT2D eigenvalue weighted by Crippen LogP contribution is -2.48. The molecule has 0 saturated carbocycles. The quantitative estimate of drug-likeness (QED) is 0.0285. The Labute approximate surface area is 362 Å². The molecule has 0 unspecified atom stereocenters. The van der Waals surface area contributed by atoms with E-state index >= 15 is 0 Å². The lowest BCUT2D eigenvalue weighted by Gasteiger charge is -2.44. The van der Waals surface area contributed by atoms with Crippen LogP contribution in [0.3, 0.4) is 0 Å². The number of aromatic nitrogens is 1. The molecule has 0 radical (unpaired) electrons. The molecular weight excluding hydrogens is 761 g/mol. The fourth-order valence-electron chi connectivity index (χ4n) is 9.60. The highest BCUT2D eigenvalue weighted by atomic mass is 16.5. The predicted molar refractivity (Wildman–Crippen MR) is 246 cm³/mol. The number of nitrogens with zero attached hydrogens (tertiary/aromatic N) is 1. The summed E-state index contributed by atoms with van der Waals surface area (Å²) in [5, 5.41) is 27.6. The predicted octanol–water partition coefficient (Wildman–Crippen LogP) is 8.03. The second-order valence-electron chi connectivity index (χ2n) is 17.1. The zero-order valence-corrected chi connectivity index (χ0v) is 36.2. The maximum absolute atomic E-state index is 13.2. The number of hydrogen-bond acceptors (Lipinski definition) is 9. The van der Waals surface area contributed by atoms with Crippen molar-refractivity contribution in [3.8, 4) is 11.5 Å². The zero-order valence-electron chi connectivity index (χ0n) is 36.2. The summed E-state index contributed by atoms with van der Waals surface area (Å²) in [6.07, 6.45) is 19.5. The summed E-state index contributed by atoms with van der Waals surface area (Å²) in [7, 11) is 3.54. The van der Waals surface area contributed by atoms with Gasteiger partial charge >= 0.3 is 0 Å². The molecule has 3 aromatic carbocycles. The van der Waals surface area contributed by atoms with E-state index in [4.69, 9.17) is 10.5 Å². The van der Waals surface area contributed by atoms with E-state index in [0.717, 1.165) is 87.6 Å². The molecule has 9 heteroatoms. The van der Waals surface area contributed by atoms with Crippen LogP contribution in [0.15, 0.2) is 97.2 Å². The van der Waals surface area contributed by atoms with E-state index in [1.807, 2.05) is 19.2 Å². The van der Waals surface area contributed by atoms with Crippen LogP contribution in [-0.4, -0.2) is 66.7 Å². The monoisotopic (exact) mass is 827 g/mol. The number of ether oxygens (including phenoxy) is 1. The Bertz CT molecular complexity index is 2100. The summed E-state index contributed by atoms with van der Waals surface area (Å²) in [4.78, 5) is 30.8. The van der Waals surface area contributed by atoms with E-state index < -0.39 is 0 Å². The first-order chi connectivity index (χ1) is 29.7. The molecule has 1 saturated heterocycles. The molecule has 2 aliphatic rings. The van der Waals surface area contributed by atoms with E-state index in [0.29, 0.717) is 59.7 Å². The Balaban J connectivity index is 1.06. The lowest BCUT2D eigenvalue weighted by molar-refractivity contribution is -0.124. The molecular formula is C52H66N4O5. The third kappa shape index (κ3) is 13.4. The number of fused-ring (bicyclic) bond motifs is 1. The number of carbonyl (C=O) groups excluding carboxylic acids is 2. The molecule has 324 valence electrons. The molecule has 1 aromatic heterocycles. The number of carbonyl (C=O) groups is 2. The van der Waals surface area contributed by atoms with Crippen LogP contribution in [0.2, 0.25) is 0 Å². The van der Waals surface area contributed by atoms with Crippen molar-refractivity contribution >= 4 is 23.5 Å². The number of phenolic OH excluding ortho intramolecular Hbond substituents is 1. The molecule has 0 amide bonds. The number of hydrogen-bond donors (Lipinski definition) is 5. The van der Waals surface area contributed by atoms with Gasteiger partial charge in [0.2, 0.25) is 0 Å². The number of aromatic hydroxyl groups is 1. The fourth-order valence-corrected chi connectivity index (χ4v) is 9.60. The van der Waals surface area contributed by atoms with E-state index in [-0.39, 0.29) is 30.3 Å². The molecule has 2 heterocycles. The summed E-state index contributed by atoms with van der Waals surface area (Å²) in [5.74, 6) is 2.56. The van der Waals surface area contributed by atoms with Crippen molar-refractivity contribution in [1.82, 2.24) is 15.6 Å². The van der Waals surface area contributed by atoms with E-state index in [2.05, 4.69) is 76.3 Å². The number of rotatable bonds is 23. The van der Waals surface area contributed by atoms with Crippen molar-refractivity contribution in [2.24, 2.45) is 23.7 Å². The van der Waals surface area contributed by atoms with E-state index in [1.54, 1.807) is 24.4 Å². The van der Waals surface area contributed by atoms with Crippen molar-refractivity contribution in [2.75, 3.05) is 39.6 Å². The fraction of sp³-hybridized carbons (Fsp3) is 0.442. The van der Waals surface area contributed by atoms with Gasteiger partial charge in [0.15, 0.2) is 17.3 Å². The van der Waals surface area contributed by atoms with Crippen molar-refractivity contribution in [2.45, 2.75) is 89.5 Å². The number of aliphatic hydroxyl groups is 1. The van der Waals surface area contributed by atoms with Crippen LogP contribution in [0, 0.1) is 23.7 Å². The number of phenols is 1. The SMILES string of the molecule is CN[C@@H]1C=C[C@H]2CNCC[C@H]2[C@@H]1C[C@H](CCCO)CCCC(=O)CC(=O)C=Cc1cc(OC)c(O)cc1Cc1cnc(N)cc1CCc1cccc(CCc2ccccc2)c1. The number of nitrogens with two attached hydrogens (primary N) is 1. The average molecular weight is 827 g/mol. The van der Waals surface area contributed by atoms with Crippen molar-refractivity contribution in [3.05, 3.63) is 136 Å². The van der Waals surface area contributed by atoms with Crippen LogP contribution in [0.1, 0.15) is 90.3 Å². The Kier molecular flexibility index (Phi) is 17.3. The van der Waals surface area contributed by atoms with Gasteiger partial charge in [-0.15, -0.1) is 0 Å².